The minimum atomic E-state index is 0.0463. The molecule has 146 valence electrons. The van der Waals surface area contributed by atoms with Crippen LogP contribution in [0.4, 0.5) is 0 Å². The van der Waals surface area contributed by atoms with Crippen molar-refractivity contribution in [3.63, 3.8) is 0 Å². The van der Waals surface area contributed by atoms with Crippen molar-refractivity contribution < 1.29 is 9.84 Å². The fourth-order valence-corrected chi connectivity index (χ4v) is 3.75. The van der Waals surface area contributed by atoms with E-state index >= 15 is 0 Å². The van der Waals surface area contributed by atoms with Gasteiger partial charge in [0.1, 0.15) is 12.4 Å². The van der Waals surface area contributed by atoms with Gasteiger partial charge in [-0.1, -0.05) is 42.5 Å². The van der Waals surface area contributed by atoms with Crippen molar-refractivity contribution in [1.29, 1.82) is 0 Å². The zero-order valence-electron chi connectivity index (χ0n) is 16.1. The van der Waals surface area contributed by atoms with Gasteiger partial charge >= 0.3 is 0 Å². The Morgan fingerprint density at radius 1 is 1.07 bits per heavy atom. The molecule has 0 bridgehead atoms. The lowest BCUT2D eigenvalue weighted by Gasteiger charge is -2.33. The highest BCUT2D eigenvalue weighted by Crippen LogP contribution is 2.15. The quantitative estimate of drug-likeness (QED) is 0.676. The molecule has 0 saturated carbocycles. The molecule has 4 heteroatoms. The van der Waals surface area contributed by atoms with Crippen LogP contribution in [-0.4, -0.2) is 48.9 Å². The van der Waals surface area contributed by atoms with E-state index in [1.165, 1.54) is 43.5 Å². The van der Waals surface area contributed by atoms with Crippen LogP contribution < -0.4 is 10.1 Å². The van der Waals surface area contributed by atoms with Crippen LogP contribution in [0.25, 0.3) is 0 Å². The van der Waals surface area contributed by atoms with Gasteiger partial charge in [-0.2, -0.15) is 0 Å². The van der Waals surface area contributed by atoms with Gasteiger partial charge in [0, 0.05) is 19.1 Å². The SMILES string of the molecule is OCCOc1cccc(CNC2CCCN(CCCc3ccccc3)C2)c1. The number of ether oxygens (including phenoxy) is 1. The van der Waals surface area contributed by atoms with Gasteiger partial charge in [0.25, 0.3) is 0 Å². The van der Waals surface area contributed by atoms with Crippen LogP contribution in [0.2, 0.25) is 0 Å². The number of hydrogen-bond acceptors (Lipinski definition) is 4. The van der Waals surface area contributed by atoms with Gasteiger partial charge < -0.3 is 20.1 Å². The van der Waals surface area contributed by atoms with E-state index in [2.05, 4.69) is 52.7 Å². The molecule has 4 nitrogen and oxygen atoms in total. The first-order valence-electron chi connectivity index (χ1n) is 10.2. The summed E-state index contributed by atoms with van der Waals surface area (Å²) in [7, 11) is 0. The Morgan fingerprint density at radius 3 is 2.78 bits per heavy atom. The van der Waals surface area contributed by atoms with Crippen molar-refractivity contribution in [2.45, 2.75) is 38.3 Å². The molecule has 1 unspecified atom stereocenters. The van der Waals surface area contributed by atoms with Crippen LogP contribution in [0.15, 0.2) is 54.6 Å². The molecule has 0 amide bonds. The normalized spacial score (nSPS) is 17.7. The summed E-state index contributed by atoms with van der Waals surface area (Å²) in [6.45, 7) is 4.78. The molecule has 1 aliphatic heterocycles. The monoisotopic (exact) mass is 368 g/mol. The number of hydrogen-bond donors (Lipinski definition) is 2. The third-order valence-electron chi connectivity index (χ3n) is 5.14. The Bertz CT molecular complexity index is 662. The van der Waals surface area contributed by atoms with Crippen LogP contribution in [0.5, 0.6) is 5.75 Å². The Balaban J connectivity index is 1.39. The van der Waals surface area contributed by atoms with E-state index in [-0.39, 0.29) is 6.61 Å². The lowest BCUT2D eigenvalue weighted by Crippen LogP contribution is -2.45. The minimum Gasteiger partial charge on any atom is -0.491 e. The smallest absolute Gasteiger partial charge is 0.119 e. The molecule has 3 rings (SSSR count). The van der Waals surface area contributed by atoms with Crippen molar-refractivity contribution >= 4 is 0 Å². The number of nitrogens with one attached hydrogen (secondary N) is 1. The number of aliphatic hydroxyl groups is 1. The molecule has 0 radical (unpaired) electrons. The summed E-state index contributed by atoms with van der Waals surface area (Å²) < 4.78 is 5.50. The zero-order valence-corrected chi connectivity index (χ0v) is 16.1. The largest absolute Gasteiger partial charge is 0.491 e. The fraction of sp³-hybridized carbons (Fsp3) is 0.478. The summed E-state index contributed by atoms with van der Waals surface area (Å²) in [6, 6.07) is 19.5. The highest BCUT2D eigenvalue weighted by Gasteiger charge is 2.19. The Labute approximate surface area is 163 Å². The van der Waals surface area contributed by atoms with E-state index in [1.54, 1.807) is 0 Å². The van der Waals surface area contributed by atoms with E-state index in [9.17, 15) is 0 Å². The number of nitrogens with zero attached hydrogens (tertiary/aromatic N) is 1. The van der Waals surface area contributed by atoms with Crippen molar-refractivity contribution in [2.24, 2.45) is 0 Å². The van der Waals surface area contributed by atoms with Gasteiger partial charge in [0.2, 0.25) is 0 Å². The predicted molar refractivity (Wildman–Crippen MR) is 110 cm³/mol. The van der Waals surface area contributed by atoms with Gasteiger partial charge in [-0.25, -0.2) is 0 Å². The lowest BCUT2D eigenvalue weighted by molar-refractivity contribution is 0.188. The average molecular weight is 369 g/mol. The maximum atomic E-state index is 8.88. The first kappa shape index (κ1) is 19.9. The van der Waals surface area contributed by atoms with Gasteiger partial charge in [-0.3, -0.25) is 0 Å². The third kappa shape index (κ3) is 6.98. The molecule has 2 aromatic rings. The molecule has 1 heterocycles. The second kappa shape index (κ2) is 11.1. The first-order valence-corrected chi connectivity index (χ1v) is 10.2. The summed E-state index contributed by atoms with van der Waals surface area (Å²) in [5.41, 5.74) is 2.67. The molecular weight excluding hydrogens is 336 g/mol. The molecule has 1 atom stereocenters. The molecule has 0 aliphatic carbocycles. The Morgan fingerprint density at radius 2 is 1.93 bits per heavy atom. The van der Waals surface area contributed by atoms with Crippen molar-refractivity contribution in [3.8, 4) is 5.75 Å². The second-order valence-corrected chi connectivity index (χ2v) is 7.33. The van der Waals surface area contributed by atoms with Gasteiger partial charge in [0.05, 0.1) is 6.61 Å². The van der Waals surface area contributed by atoms with Crippen LogP contribution >= 0.6 is 0 Å². The van der Waals surface area contributed by atoms with Crippen LogP contribution in [0.3, 0.4) is 0 Å². The number of benzene rings is 2. The standard InChI is InChI=1S/C23H32N2O2/c26-15-16-27-23-12-4-9-21(17-23)18-24-22-11-6-14-25(19-22)13-5-10-20-7-2-1-3-8-20/h1-4,7-9,12,17,22,24,26H,5-6,10-11,13-16,18-19H2. The summed E-state index contributed by atoms with van der Waals surface area (Å²) in [4.78, 5) is 2.60. The number of piperidine rings is 1. The summed E-state index contributed by atoms with van der Waals surface area (Å²) in [6.07, 6.45) is 4.90. The zero-order chi connectivity index (χ0) is 18.7. The number of likely N-dealkylation sites (tertiary alicyclic amines) is 1. The highest BCUT2D eigenvalue weighted by molar-refractivity contribution is 5.28. The van der Waals surface area contributed by atoms with E-state index in [1.807, 2.05) is 12.1 Å². The Hall–Kier alpha value is -1.88. The summed E-state index contributed by atoms with van der Waals surface area (Å²) in [5, 5.41) is 12.6. The summed E-state index contributed by atoms with van der Waals surface area (Å²) >= 11 is 0. The second-order valence-electron chi connectivity index (χ2n) is 7.33. The molecule has 1 fully saturated rings. The average Bonchev–Trinajstić information content (AvgIpc) is 2.72. The van der Waals surface area contributed by atoms with Crippen LogP contribution in [0.1, 0.15) is 30.4 Å². The molecule has 1 saturated heterocycles. The maximum absolute atomic E-state index is 8.88. The molecule has 2 N–H and O–H groups in total. The first-order chi connectivity index (χ1) is 13.3. The molecule has 27 heavy (non-hydrogen) atoms. The number of aliphatic hydroxyl groups excluding tert-OH is 1. The molecular formula is C23H32N2O2. The lowest BCUT2D eigenvalue weighted by atomic mass is 10.0. The van der Waals surface area contributed by atoms with Gasteiger partial charge in [-0.05, 0) is 62.0 Å². The van der Waals surface area contributed by atoms with Gasteiger partial charge in [0.15, 0.2) is 0 Å². The van der Waals surface area contributed by atoms with Crippen LogP contribution in [-0.2, 0) is 13.0 Å². The van der Waals surface area contributed by atoms with E-state index < -0.39 is 0 Å². The van der Waals surface area contributed by atoms with E-state index in [0.29, 0.717) is 12.6 Å². The molecule has 2 aromatic carbocycles. The third-order valence-corrected chi connectivity index (χ3v) is 5.14. The van der Waals surface area contributed by atoms with E-state index in [4.69, 9.17) is 9.84 Å². The van der Waals surface area contributed by atoms with Crippen molar-refractivity contribution in [2.75, 3.05) is 32.8 Å². The number of aryl methyl sites for hydroxylation is 1. The van der Waals surface area contributed by atoms with Crippen molar-refractivity contribution in [1.82, 2.24) is 10.2 Å². The van der Waals surface area contributed by atoms with Crippen molar-refractivity contribution in [3.05, 3.63) is 65.7 Å². The molecule has 0 spiro atoms. The minimum absolute atomic E-state index is 0.0463. The highest BCUT2D eigenvalue weighted by atomic mass is 16.5. The van der Waals surface area contributed by atoms with Gasteiger partial charge in [-0.15, -0.1) is 0 Å². The molecule has 1 aliphatic rings. The number of rotatable bonds is 10. The molecule has 0 aromatic heterocycles. The fourth-order valence-electron chi connectivity index (χ4n) is 3.75. The Kier molecular flexibility index (Phi) is 8.15. The summed E-state index contributed by atoms with van der Waals surface area (Å²) in [5.74, 6) is 0.828. The van der Waals surface area contributed by atoms with E-state index in [0.717, 1.165) is 25.3 Å². The maximum Gasteiger partial charge on any atom is 0.119 e. The predicted octanol–water partition coefficient (Wildman–Crippen LogP) is 3.24. The van der Waals surface area contributed by atoms with Crippen LogP contribution in [0, 0.1) is 0 Å². The topological polar surface area (TPSA) is 44.7 Å².